The first-order chi connectivity index (χ1) is 13.5. The van der Waals surface area contributed by atoms with E-state index in [1.807, 2.05) is 25.1 Å². The summed E-state index contributed by atoms with van der Waals surface area (Å²) in [5, 5.41) is 3.75. The Bertz CT molecular complexity index is 1110. The van der Waals surface area contributed by atoms with Crippen molar-refractivity contribution in [3.63, 3.8) is 0 Å². The van der Waals surface area contributed by atoms with E-state index in [4.69, 9.17) is 5.73 Å². The second-order valence-corrected chi connectivity index (χ2v) is 8.06. The third kappa shape index (κ3) is 3.01. The Hall–Kier alpha value is -2.93. The summed E-state index contributed by atoms with van der Waals surface area (Å²) in [4.78, 5) is 41.6. The molecule has 0 saturated carbocycles. The number of benzene rings is 1. The largest absolute Gasteiger partial charge is 0.365 e. The van der Waals surface area contributed by atoms with E-state index in [0.717, 1.165) is 59.0 Å². The molecular formula is C21H21N3O3S. The zero-order valence-corrected chi connectivity index (χ0v) is 16.4. The van der Waals surface area contributed by atoms with Crippen molar-refractivity contribution in [2.75, 3.05) is 5.32 Å². The van der Waals surface area contributed by atoms with E-state index >= 15 is 0 Å². The summed E-state index contributed by atoms with van der Waals surface area (Å²) < 4.78 is 0. The lowest BCUT2D eigenvalue weighted by atomic mass is 9.95. The molecule has 3 aromatic rings. The number of rotatable bonds is 5. The van der Waals surface area contributed by atoms with Crippen LogP contribution >= 0.6 is 11.3 Å². The Morgan fingerprint density at radius 2 is 2.00 bits per heavy atom. The number of aryl methyl sites for hydroxylation is 2. The first-order valence-corrected chi connectivity index (χ1v) is 10.2. The van der Waals surface area contributed by atoms with Crippen LogP contribution in [0.3, 0.4) is 0 Å². The molecule has 2 amide bonds. The number of fused-ring (bicyclic) bond motifs is 2. The average Bonchev–Trinajstić information content (AvgIpc) is 3.28. The molecule has 7 heteroatoms. The molecule has 4 rings (SSSR count). The van der Waals surface area contributed by atoms with Crippen LogP contribution in [0.15, 0.2) is 24.4 Å². The predicted molar refractivity (Wildman–Crippen MR) is 110 cm³/mol. The minimum atomic E-state index is -0.760. The molecule has 0 saturated heterocycles. The number of aromatic nitrogens is 1. The number of aromatic amines is 1. The summed E-state index contributed by atoms with van der Waals surface area (Å²) in [6.45, 7) is 2.04. The van der Waals surface area contributed by atoms with Gasteiger partial charge in [-0.3, -0.25) is 14.4 Å². The van der Waals surface area contributed by atoms with E-state index in [-0.39, 0.29) is 0 Å². The number of amides is 2. The number of para-hydroxylation sites is 1. The van der Waals surface area contributed by atoms with Crippen molar-refractivity contribution in [1.82, 2.24) is 4.98 Å². The highest BCUT2D eigenvalue weighted by atomic mass is 32.1. The topological polar surface area (TPSA) is 105 Å². The second-order valence-electron chi connectivity index (χ2n) is 6.96. The van der Waals surface area contributed by atoms with Crippen LogP contribution in [0.5, 0.6) is 0 Å². The van der Waals surface area contributed by atoms with Crippen molar-refractivity contribution in [1.29, 1.82) is 0 Å². The molecule has 1 aromatic carbocycles. The maximum absolute atomic E-state index is 12.8. The van der Waals surface area contributed by atoms with Crippen molar-refractivity contribution in [2.45, 2.75) is 39.0 Å². The molecular weight excluding hydrogens is 374 g/mol. The molecule has 0 spiro atoms. The third-order valence-corrected chi connectivity index (χ3v) is 6.49. The number of anilines is 1. The number of thiophene rings is 1. The number of carbonyl (C=O) groups excluding carboxylic acids is 3. The van der Waals surface area contributed by atoms with Gasteiger partial charge in [-0.15, -0.1) is 11.3 Å². The molecule has 0 unspecified atom stereocenters. The highest BCUT2D eigenvalue weighted by molar-refractivity contribution is 7.17. The van der Waals surface area contributed by atoms with Crippen LogP contribution in [-0.4, -0.2) is 22.6 Å². The van der Waals surface area contributed by atoms with Gasteiger partial charge >= 0.3 is 0 Å². The summed E-state index contributed by atoms with van der Waals surface area (Å²) in [5.41, 5.74) is 9.11. The number of ketones is 1. The number of H-pyrrole nitrogens is 1. The Morgan fingerprint density at radius 3 is 2.75 bits per heavy atom. The summed E-state index contributed by atoms with van der Waals surface area (Å²) in [5.74, 6) is -1.97. The van der Waals surface area contributed by atoms with Crippen LogP contribution < -0.4 is 11.1 Å². The van der Waals surface area contributed by atoms with Crippen molar-refractivity contribution in [2.24, 2.45) is 5.73 Å². The zero-order chi connectivity index (χ0) is 19.8. The van der Waals surface area contributed by atoms with Gasteiger partial charge in [0.15, 0.2) is 0 Å². The third-order valence-electron chi connectivity index (χ3n) is 5.28. The number of nitrogens with one attached hydrogen (secondary N) is 2. The molecule has 0 atom stereocenters. The predicted octanol–water partition coefficient (Wildman–Crippen LogP) is 3.59. The number of carbonyl (C=O) groups is 3. The molecule has 0 fully saturated rings. The van der Waals surface area contributed by atoms with E-state index in [0.29, 0.717) is 16.1 Å². The standard InChI is InChI=1S/C21H21N3O3S/c1-2-11-6-5-8-12-14(10-23-17(11)12)18(25)20(27)24-21-16(19(22)26)13-7-3-4-9-15(13)28-21/h5-6,8,10,23H,2-4,7,9H2,1H3,(H2,22,26)(H,24,27). The maximum Gasteiger partial charge on any atom is 0.297 e. The van der Waals surface area contributed by atoms with Crippen molar-refractivity contribution < 1.29 is 14.4 Å². The molecule has 0 aliphatic heterocycles. The summed E-state index contributed by atoms with van der Waals surface area (Å²) in [6.07, 6.45) is 6.07. The summed E-state index contributed by atoms with van der Waals surface area (Å²) in [7, 11) is 0. The smallest absolute Gasteiger partial charge is 0.297 e. The van der Waals surface area contributed by atoms with Crippen LogP contribution in [-0.2, 0) is 24.1 Å². The lowest BCUT2D eigenvalue weighted by molar-refractivity contribution is -0.112. The van der Waals surface area contributed by atoms with E-state index in [2.05, 4.69) is 10.3 Å². The fourth-order valence-corrected chi connectivity index (χ4v) is 5.19. The van der Waals surface area contributed by atoms with Gasteiger partial charge in [-0.05, 0) is 43.2 Å². The van der Waals surface area contributed by atoms with Crippen LogP contribution in [0.25, 0.3) is 10.9 Å². The van der Waals surface area contributed by atoms with Crippen LogP contribution in [0.1, 0.15) is 56.5 Å². The average molecular weight is 395 g/mol. The Balaban J connectivity index is 1.66. The molecule has 4 N–H and O–H groups in total. The monoisotopic (exact) mass is 395 g/mol. The van der Waals surface area contributed by atoms with Crippen molar-refractivity contribution in [3.8, 4) is 0 Å². The van der Waals surface area contributed by atoms with E-state index < -0.39 is 17.6 Å². The van der Waals surface area contributed by atoms with Crippen LogP contribution in [0, 0.1) is 0 Å². The molecule has 1 aliphatic carbocycles. The Labute approximate surface area is 166 Å². The van der Waals surface area contributed by atoms with Gasteiger partial charge in [0.1, 0.15) is 5.00 Å². The minimum absolute atomic E-state index is 0.324. The highest BCUT2D eigenvalue weighted by Gasteiger charge is 2.27. The van der Waals surface area contributed by atoms with Crippen molar-refractivity contribution in [3.05, 3.63) is 51.5 Å². The fraction of sp³-hybridized carbons (Fsp3) is 0.286. The molecule has 2 heterocycles. The molecule has 2 aromatic heterocycles. The maximum atomic E-state index is 12.8. The molecule has 1 aliphatic rings. The van der Waals surface area contributed by atoms with E-state index in [1.165, 1.54) is 11.3 Å². The number of Topliss-reactive ketones (excluding diaryl/α,β-unsaturated/α-hetero) is 1. The quantitative estimate of drug-likeness (QED) is 0.454. The van der Waals surface area contributed by atoms with Crippen molar-refractivity contribution >= 4 is 44.8 Å². The molecule has 6 nitrogen and oxygen atoms in total. The first kappa shape index (κ1) is 18.4. The molecule has 28 heavy (non-hydrogen) atoms. The lowest BCUT2D eigenvalue weighted by Gasteiger charge is -2.11. The SMILES string of the molecule is CCc1cccc2c(C(=O)C(=O)Nc3sc4c(c3C(N)=O)CCCC4)c[nH]c12. The van der Waals surface area contributed by atoms with E-state index in [1.54, 1.807) is 6.20 Å². The minimum Gasteiger partial charge on any atom is -0.365 e. The van der Waals surface area contributed by atoms with Gasteiger partial charge in [0, 0.05) is 22.0 Å². The number of nitrogens with two attached hydrogens (primary N) is 1. The van der Waals surface area contributed by atoms with Gasteiger partial charge < -0.3 is 16.0 Å². The highest BCUT2D eigenvalue weighted by Crippen LogP contribution is 2.38. The van der Waals surface area contributed by atoms with Gasteiger partial charge in [0.2, 0.25) is 0 Å². The summed E-state index contributed by atoms with van der Waals surface area (Å²) in [6, 6.07) is 5.69. The van der Waals surface area contributed by atoms with Crippen LogP contribution in [0.4, 0.5) is 5.00 Å². The Morgan fingerprint density at radius 1 is 1.21 bits per heavy atom. The fourth-order valence-electron chi connectivity index (χ4n) is 3.90. The second kappa shape index (κ2) is 7.24. The molecule has 0 radical (unpaired) electrons. The van der Waals surface area contributed by atoms with E-state index in [9.17, 15) is 14.4 Å². The van der Waals surface area contributed by atoms with Gasteiger partial charge in [-0.2, -0.15) is 0 Å². The van der Waals surface area contributed by atoms with Gasteiger partial charge in [-0.25, -0.2) is 0 Å². The molecule has 144 valence electrons. The van der Waals surface area contributed by atoms with Gasteiger partial charge in [-0.1, -0.05) is 25.1 Å². The number of hydrogen-bond donors (Lipinski definition) is 3. The normalized spacial score (nSPS) is 13.3. The van der Waals surface area contributed by atoms with Crippen LogP contribution in [0.2, 0.25) is 0 Å². The zero-order valence-electron chi connectivity index (χ0n) is 15.6. The van der Waals surface area contributed by atoms with Gasteiger partial charge in [0.05, 0.1) is 11.1 Å². The Kier molecular flexibility index (Phi) is 4.77. The number of hydrogen-bond acceptors (Lipinski definition) is 4. The number of primary amides is 1. The first-order valence-electron chi connectivity index (χ1n) is 9.40. The van der Waals surface area contributed by atoms with Gasteiger partial charge in [0.25, 0.3) is 17.6 Å². The summed E-state index contributed by atoms with van der Waals surface area (Å²) >= 11 is 1.35. The lowest BCUT2D eigenvalue weighted by Crippen LogP contribution is -2.24. The molecule has 0 bridgehead atoms.